The third kappa shape index (κ3) is 1.72. The Hall–Kier alpha value is -2.36. The van der Waals surface area contributed by atoms with E-state index in [-0.39, 0.29) is 17.7 Å². The first-order valence-electron chi connectivity index (χ1n) is 4.68. The topological polar surface area (TPSA) is 66.4 Å². The van der Waals surface area contributed by atoms with Gasteiger partial charge in [0.25, 0.3) is 5.91 Å². The normalized spacial score (nSPS) is 10.0. The molecule has 2 rings (SSSR count). The molecule has 0 fully saturated rings. The van der Waals surface area contributed by atoms with Crippen molar-refractivity contribution in [2.75, 3.05) is 0 Å². The summed E-state index contributed by atoms with van der Waals surface area (Å²) in [5, 5.41) is 13.3. The number of nitrogens with one attached hydrogen (secondary N) is 1. The first-order chi connectivity index (χ1) is 7.72. The van der Waals surface area contributed by atoms with Gasteiger partial charge in [0.05, 0.1) is 5.56 Å². The molecule has 0 aromatic heterocycles. The second-order valence-corrected chi connectivity index (χ2v) is 3.31. The minimum absolute atomic E-state index is 0.0887. The molecule has 0 radical (unpaired) electrons. The molecule has 0 atom stereocenters. The average Bonchev–Trinajstić information content (AvgIpc) is 2.28. The number of hydrogen-bond donors (Lipinski definition) is 2. The second-order valence-electron chi connectivity index (χ2n) is 3.31. The van der Waals surface area contributed by atoms with Gasteiger partial charge < -0.3 is 5.11 Å². The van der Waals surface area contributed by atoms with E-state index >= 15 is 0 Å². The van der Waals surface area contributed by atoms with Crippen LogP contribution in [0.4, 0.5) is 0 Å². The van der Waals surface area contributed by atoms with Crippen molar-refractivity contribution in [3.05, 3.63) is 42.0 Å². The molecule has 4 heteroatoms. The number of amides is 2. The van der Waals surface area contributed by atoms with Crippen LogP contribution in [0.25, 0.3) is 10.8 Å². The fourth-order valence-corrected chi connectivity index (χ4v) is 1.54. The van der Waals surface area contributed by atoms with Gasteiger partial charge in [-0.15, -0.1) is 0 Å². The van der Waals surface area contributed by atoms with Crippen LogP contribution in [0.5, 0.6) is 5.75 Å². The number of phenols is 1. The fraction of sp³-hybridized carbons (Fsp3) is 0. The van der Waals surface area contributed by atoms with Crippen molar-refractivity contribution in [3.63, 3.8) is 0 Å². The SMILES string of the molecule is O=CNC(=O)c1cc2ccccc2cc1O. The number of fused-ring (bicyclic) bond motifs is 1. The number of benzene rings is 2. The van der Waals surface area contributed by atoms with Gasteiger partial charge in [-0.05, 0) is 22.9 Å². The first-order valence-corrected chi connectivity index (χ1v) is 4.68. The molecular weight excluding hydrogens is 206 g/mol. The number of hydrogen-bond acceptors (Lipinski definition) is 3. The summed E-state index contributed by atoms with van der Waals surface area (Å²) in [5.74, 6) is -0.753. The van der Waals surface area contributed by atoms with E-state index < -0.39 is 5.91 Å². The molecule has 0 saturated heterocycles. The van der Waals surface area contributed by atoms with Crippen LogP contribution in [0.2, 0.25) is 0 Å². The van der Waals surface area contributed by atoms with E-state index in [0.717, 1.165) is 10.8 Å². The summed E-state index contributed by atoms with van der Waals surface area (Å²) in [7, 11) is 0. The Kier molecular flexibility index (Phi) is 2.55. The van der Waals surface area contributed by atoms with Crippen molar-refractivity contribution in [1.29, 1.82) is 0 Å². The van der Waals surface area contributed by atoms with Crippen molar-refractivity contribution in [2.24, 2.45) is 0 Å². The number of imide groups is 1. The maximum Gasteiger partial charge on any atom is 0.261 e. The van der Waals surface area contributed by atoms with Crippen molar-refractivity contribution in [1.82, 2.24) is 5.32 Å². The van der Waals surface area contributed by atoms with Gasteiger partial charge in [0.15, 0.2) is 0 Å². The monoisotopic (exact) mass is 215 g/mol. The molecule has 2 aromatic carbocycles. The van der Waals surface area contributed by atoms with Gasteiger partial charge in [0.2, 0.25) is 6.41 Å². The molecule has 0 saturated carbocycles. The second kappa shape index (κ2) is 4.02. The van der Waals surface area contributed by atoms with Crippen LogP contribution in [0.1, 0.15) is 10.4 Å². The van der Waals surface area contributed by atoms with Crippen molar-refractivity contribution >= 4 is 23.1 Å². The van der Waals surface area contributed by atoms with Crippen molar-refractivity contribution in [3.8, 4) is 5.75 Å². The van der Waals surface area contributed by atoms with E-state index in [4.69, 9.17) is 0 Å². The predicted octanol–water partition coefficient (Wildman–Crippen LogP) is 1.43. The summed E-state index contributed by atoms with van der Waals surface area (Å²) in [6.07, 6.45) is 0.289. The van der Waals surface area contributed by atoms with Crippen LogP contribution in [0.15, 0.2) is 36.4 Å². The highest BCUT2D eigenvalue weighted by Crippen LogP contribution is 2.24. The Morgan fingerprint density at radius 2 is 1.81 bits per heavy atom. The molecule has 0 aliphatic rings. The summed E-state index contributed by atoms with van der Waals surface area (Å²) >= 11 is 0. The fourth-order valence-electron chi connectivity index (χ4n) is 1.54. The number of aromatic hydroxyl groups is 1. The maximum absolute atomic E-state index is 11.4. The molecule has 16 heavy (non-hydrogen) atoms. The average molecular weight is 215 g/mol. The zero-order valence-corrected chi connectivity index (χ0v) is 8.31. The molecule has 0 heterocycles. The number of carbonyl (C=O) groups excluding carboxylic acids is 2. The molecule has 0 unspecified atom stereocenters. The molecule has 2 aromatic rings. The molecule has 2 amide bonds. The number of rotatable bonds is 2. The lowest BCUT2D eigenvalue weighted by Gasteiger charge is -2.04. The Bertz CT molecular complexity index is 563. The van der Waals surface area contributed by atoms with E-state index in [9.17, 15) is 14.7 Å². The lowest BCUT2D eigenvalue weighted by molar-refractivity contribution is -0.108. The Balaban J connectivity index is 2.58. The van der Waals surface area contributed by atoms with Crippen molar-refractivity contribution < 1.29 is 14.7 Å². The summed E-state index contributed by atoms with van der Waals surface area (Å²) in [4.78, 5) is 21.6. The summed E-state index contributed by atoms with van der Waals surface area (Å²) in [5.41, 5.74) is 0.0887. The van der Waals surface area contributed by atoms with Crippen LogP contribution in [0, 0.1) is 0 Å². The van der Waals surface area contributed by atoms with Crippen LogP contribution < -0.4 is 5.32 Å². The van der Waals surface area contributed by atoms with E-state index in [1.165, 1.54) is 6.07 Å². The predicted molar refractivity (Wildman–Crippen MR) is 59.1 cm³/mol. The van der Waals surface area contributed by atoms with Gasteiger partial charge in [-0.3, -0.25) is 14.9 Å². The van der Waals surface area contributed by atoms with Gasteiger partial charge in [0.1, 0.15) is 5.75 Å². The summed E-state index contributed by atoms with van der Waals surface area (Å²) < 4.78 is 0. The molecule has 80 valence electrons. The van der Waals surface area contributed by atoms with Gasteiger partial charge in [-0.25, -0.2) is 0 Å². The lowest BCUT2D eigenvalue weighted by Crippen LogP contribution is -2.21. The van der Waals surface area contributed by atoms with E-state index in [0.29, 0.717) is 0 Å². The molecule has 0 spiro atoms. The zero-order chi connectivity index (χ0) is 11.5. The van der Waals surface area contributed by atoms with Crippen LogP contribution >= 0.6 is 0 Å². The molecule has 0 aliphatic heterocycles. The molecule has 2 N–H and O–H groups in total. The Morgan fingerprint density at radius 1 is 1.19 bits per heavy atom. The molecule has 0 aliphatic carbocycles. The minimum atomic E-state index is -0.613. The van der Waals surface area contributed by atoms with Gasteiger partial charge in [-0.2, -0.15) is 0 Å². The quantitative estimate of drug-likeness (QED) is 0.745. The largest absolute Gasteiger partial charge is 0.507 e. The van der Waals surface area contributed by atoms with Crippen molar-refractivity contribution in [2.45, 2.75) is 0 Å². The highest BCUT2D eigenvalue weighted by atomic mass is 16.3. The third-order valence-corrected chi connectivity index (χ3v) is 2.30. The smallest absolute Gasteiger partial charge is 0.261 e. The highest BCUT2D eigenvalue weighted by molar-refractivity contribution is 6.05. The van der Waals surface area contributed by atoms with Gasteiger partial charge >= 0.3 is 0 Å². The van der Waals surface area contributed by atoms with Crippen LogP contribution in [-0.4, -0.2) is 17.4 Å². The Labute approximate surface area is 91.5 Å². The number of carbonyl (C=O) groups is 2. The minimum Gasteiger partial charge on any atom is -0.507 e. The maximum atomic E-state index is 11.4. The lowest BCUT2D eigenvalue weighted by atomic mass is 10.1. The highest BCUT2D eigenvalue weighted by Gasteiger charge is 2.11. The number of phenolic OH excluding ortho intramolecular Hbond substituents is 1. The third-order valence-electron chi connectivity index (χ3n) is 2.30. The first kappa shape index (κ1) is 10.2. The van der Waals surface area contributed by atoms with E-state index in [1.807, 2.05) is 29.6 Å². The van der Waals surface area contributed by atoms with Crippen LogP contribution in [0.3, 0.4) is 0 Å². The molecular formula is C12H9NO3. The summed E-state index contributed by atoms with van der Waals surface area (Å²) in [6.45, 7) is 0. The standard InChI is InChI=1S/C12H9NO3/c14-7-13-12(16)10-5-8-3-1-2-4-9(8)6-11(10)15/h1-7,15H,(H,13,14,16). The van der Waals surface area contributed by atoms with E-state index in [1.54, 1.807) is 6.07 Å². The van der Waals surface area contributed by atoms with Gasteiger partial charge in [-0.1, -0.05) is 24.3 Å². The summed E-state index contributed by atoms with van der Waals surface area (Å²) in [6, 6.07) is 10.4. The van der Waals surface area contributed by atoms with Gasteiger partial charge in [0, 0.05) is 0 Å². The van der Waals surface area contributed by atoms with Crippen LogP contribution in [-0.2, 0) is 4.79 Å². The zero-order valence-electron chi connectivity index (χ0n) is 8.31. The van der Waals surface area contributed by atoms with E-state index in [2.05, 4.69) is 0 Å². The molecule has 0 bridgehead atoms. The Morgan fingerprint density at radius 3 is 2.44 bits per heavy atom. The molecule has 4 nitrogen and oxygen atoms in total.